The minimum atomic E-state index is -3.67. The Morgan fingerprint density at radius 1 is 0.947 bits per heavy atom. The number of alkyl carbamates (subject to hydrolysis) is 1. The summed E-state index contributed by atoms with van der Waals surface area (Å²) in [6, 6.07) is 24.0. The van der Waals surface area contributed by atoms with Gasteiger partial charge in [0.15, 0.2) is 0 Å². The van der Waals surface area contributed by atoms with Crippen molar-refractivity contribution in [2.24, 2.45) is 0 Å². The number of hydrogen-bond acceptors (Lipinski definition) is 4. The maximum atomic E-state index is 13.1. The lowest BCUT2D eigenvalue weighted by Gasteiger charge is -2.25. The van der Waals surface area contributed by atoms with E-state index in [9.17, 15) is 19.0 Å². The maximum absolute atomic E-state index is 13.1. The number of rotatable bonds is 10. The third-order valence-electron chi connectivity index (χ3n) is 5.96. The molecule has 0 aliphatic heterocycles. The van der Waals surface area contributed by atoms with Gasteiger partial charge in [0.25, 0.3) is 0 Å². The molecule has 7 nitrogen and oxygen atoms in total. The highest BCUT2D eigenvalue weighted by Gasteiger charge is 2.28. The Morgan fingerprint density at radius 2 is 1.58 bits per heavy atom. The number of anilines is 1. The van der Waals surface area contributed by atoms with Gasteiger partial charge in [-0.2, -0.15) is 0 Å². The molecule has 0 bridgehead atoms. The van der Waals surface area contributed by atoms with Crippen molar-refractivity contribution in [1.29, 1.82) is 0 Å². The first-order valence-corrected chi connectivity index (χ1v) is 14.8. The Hall–Kier alpha value is -3.41. The maximum Gasteiger partial charge on any atom is 0.408 e. The second-order valence-corrected chi connectivity index (χ2v) is 12.9. The summed E-state index contributed by atoms with van der Waals surface area (Å²) in [6.45, 7) is 7.23. The first kappa shape index (κ1) is 29.2. The fourth-order valence-corrected chi connectivity index (χ4v) is 5.85. The van der Waals surface area contributed by atoms with E-state index in [1.165, 1.54) is 0 Å². The van der Waals surface area contributed by atoms with Gasteiger partial charge in [0.1, 0.15) is 5.60 Å². The van der Waals surface area contributed by atoms with E-state index >= 15 is 0 Å². The smallest absolute Gasteiger partial charge is 0.408 e. The molecule has 0 saturated carbocycles. The average Bonchev–Trinajstić information content (AvgIpc) is 2.84. The Labute approximate surface area is 225 Å². The first-order chi connectivity index (χ1) is 17.9. The minimum absolute atomic E-state index is 0.0389. The van der Waals surface area contributed by atoms with Gasteiger partial charge in [-0.15, -0.1) is 0 Å². The van der Waals surface area contributed by atoms with Crippen LogP contribution in [0.2, 0.25) is 0 Å². The molecule has 2 atom stereocenters. The summed E-state index contributed by atoms with van der Waals surface area (Å²) in [7, 11) is -3.67. The van der Waals surface area contributed by atoms with Crippen LogP contribution in [-0.2, 0) is 14.1 Å². The summed E-state index contributed by atoms with van der Waals surface area (Å²) in [6.07, 6.45) is -0.502. The van der Waals surface area contributed by atoms with Crippen LogP contribution >= 0.6 is 7.37 Å². The van der Waals surface area contributed by atoms with E-state index < -0.39 is 25.1 Å². The van der Waals surface area contributed by atoms with Crippen molar-refractivity contribution in [3.05, 3.63) is 90.0 Å². The van der Waals surface area contributed by atoms with Crippen molar-refractivity contribution in [2.45, 2.75) is 52.2 Å². The second-order valence-electron chi connectivity index (χ2n) is 10.4. The van der Waals surface area contributed by atoms with Crippen LogP contribution < -0.4 is 10.6 Å². The monoisotopic (exact) mass is 536 g/mol. The zero-order valence-corrected chi connectivity index (χ0v) is 23.3. The zero-order valence-electron chi connectivity index (χ0n) is 22.4. The molecule has 0 aliphatic carbocycles. The van der Waals surface area contributed by atoms with Crippen LogP contribution in [0.25, 0.3) is 11.1 Å². The molecule has 0 heterocycles. The van der Waals surface area contributed by atoms with Crippen molar-refractivity contribution in [2.75, 3.05) is 17.6 Å². The van der Waals surface area contributed by atoms with Crippen molar-refractivity contribution in [3.8, 4) is 11.1 Å². The summed E-state index contributed by atoms with van der Waals surface area (Å²) in [5, 5.41) is 5.67. The summed E-state index contributed by atoms with van der Waals surface area (Å²) >= 11 is 0. The minimum Gasteiger partial charge on any atom is -0.444 e. The van der Waals surface area contributed by atoms with Gasteiger partial charge < -0.3 is 20.3 Å². The predicted octanol–water partition coefficient (Wildman–Crippen LogP) is 6.92. The Kier molecular flexibility index (Phi) is 9.90. The third-order valence-corrected chi connectivity index (χ3v) is 7.92. The summed E-state index contributed by atoms with van der Waals surface area (Å²) < 4.78 is 18.4. The van der Waals surface area contributed by atoms with Crippen LogP contribution in [0.15, 0.2) is 78.9 Å². The molecule has 2 unspecified atom stereocenters. The molecule has 3 aromatic rings. The summed E-state index contributed by atoms with van der Waals surface area (Å²) in [5.41, 5.74) is 3.79. The lowest BCUT2D eigenvalue weighted by molar-refractivity contribution is -0.116. The van der Waals surface area contributed by atoms with Crippen LogP contribution in [0.3, 0.4) is 0 Å². The lowest BCUT2D eigenvalue weighted by Crippen LogP contribution is -2.36. The molecular formula is C30H37N2O5P. The van der Waals surface area contributed by atoms with Crippen LogP contribution in [0, 0.1) is 6.92 Å². The van der Waals surface area contributed by atoms with Gasteiger partial charge in [-0.1, -0.05) is 72.8 Å². The first-order valence-electron chi connectivity index (χ1n) is 12.7. The molecule has 3 N–H and O–H groups in total. The van der Waals surface area contributed by atoms with Gasteiger partial charge in [0, 0.05) is 24.4 Å². The van der Waals surface area contributed by atoms with E-state index in [1.54, 1.807) is 45.0 Å². The molecule has 0 radical (unpaired) electrons. The number of benzene rings is 3. The molecule has 0 aliphatic rings. The number of carbonyl (C=O) groups excluding carboxylic acids is 2. The van der Waals surface area contributed by atoms with E-state index in [-0.39, 0.29) is 31.1 Å². The summed E-state index contributed by atoms with van der Waals surface area (Å²) in [5.74, 6) is -0.218. The van der Waals surface area contributed by atoms with Gasteiger partial charge in [0.2, 0.25) is 13.3 Å². The number of amides is 2. The topological polar surface area (TPSA) is 105 Å². The van der Waals surface area contributed by atoms with Gasteiger partial charge in [-0.05, 0) is 62.4 Å². The molecule has 0 saturated heterocycles. The fourth-order valence-electron chi connectivity index (χ4n) is 4.15. The second kappa shape index (κ2) is 12.9. The van der Waals surface area contributed by atoms with E-state index in [0.717, 1.165) is 16.7 Å². The molecule has 3 aromatic carbocycles. The van der Waals surface area contributed by atoms with Crippen molar-refractivity contribution >= 4 is 25.1 Å². The quantitative estimate of drug-likeness (QED) is 0.244. The fraction of sp³-hybridized carbons (Fsp3) is 0.333. The molecule has 0 aromatic heterocycles. The van der Waals surface area contributed by atoms with Gasteiger partial charge in [-0.25, -0.2) is 4.79 Å². The Balaban J connectivity index is 1.59. The molecule has 0 fully saturated rings. The molecular weight excluding hydrogens is 499 g/mol. The normalized spacial score (nSPS) is 13.7. The standard InChI is InChI=1S/C30H37N2O5P/c1-22-25(23-13-7-5-8-14-23)17-11-18-26(22)31-28(33)19-12-20-38(35,36)21-27(24-15-9-6-10-16-24)32-29(34)37-30(2,3)4/h5-11,13-18,27H,12,19-21H2,1-4H3,(H,31,33)(H,32,34)(H,35,36). The predicted molar refractivity (Wildman–Crippen MR) is 153 cm³/mol. The number of ether oxygens (including phenoxy) is 1. The highest BCUT2D eigenvalue weighted by Crippen LogP contribution is 2.45. The van der Waals surface area contributed by atoms with Gasteiger partial charge in [-0.3, -0.25) is 9.36 Å². The van der Waals surface area contributed by atoms with E-state index in [1.807, 2.05) is 61.5 Å². The molecule has 8 heteroatoms. The summed E-state index contributed by atoms with van der Waals surface area (Å²) in [4.78, 5) is 35.8. The van der Waals surface area contributed by atoms with Crippen LogP contribution in [0.4, 0.5) is 10.5 Å². The molecule has 0 spiro atoms. The highest BCUT2D eigenvalue weighted by molar-refractivity contribution is 7.58. The largest absolute Gasteiger partial charge is 0.444 e. The number of hydrogen-bond donors (Lipinski definition) is 3. The van der Waals surface area contributed by atoms with Crippen LogP contribution in [0.5, 0.6) is 0 Å². The van der Waals surface area contributed by atoms with Crippen LogP contribution in [0.1, 0.15) is 50.8 Å². The third kappa shape index (κ3) is 9.16. The van der Waals surface area contributed by atoms with Gasteiger partial charge in [0.05, 0.1) is 6.04 Å². The molecule has 38 heavy (non-hydrogen) atoms. The van der Waals surface area contributed by atoms with Gasteiger partial charge >= 0.3 is 6.09 Å². The Bertz CT molecular complexity index is 1270. The zero-order chi connectivity index (χ0) is 27.8. The van der Waals surface area contributed by atoms with E-state index in [2.05, 4.69) is 10.6 Å². The van der Waals surface area contributed by atoms with E-state index in [0.29, 0.717) is 11.3 Å². The van der Waals surface area contributed by atoms with Crippen molar-refractivity contribution in [1.82, 2.24) is 5.32 Å². The lowest BCUT2D eigenvalue weighted by atomic mass is 9.99. The molecule has 202 valence electrons. The van der Waals surface area contributed by atoms with Crippen molar-refractivity contribution < 1.29 is 23.8 Å². The SMILES string of the molecule is Cc1c(NC(=O)CCCP(=O)(O)CC(NC(=O)OC(C)(C)C)c2ccccc2)cccc1-c1ccccc1. The molecule has 3 rings (SSSR count). The Morgan fingerprint density at radius 3 is 2.21 bits per heavy atom. The number of carbonyl (C=O) groups is 2. The van der Waals surface area contributed by atoms with Crippen molar-refractivity contribution in [3.63, 3.8) is 0 Å². The van der Waals surface area contributed by atoms with Crippen LogP contribution in [-0.4, -0.2) is 34.8 Å². The number of nitrogens with one attached hydrogen (secondary N) is 2. The molecule has 2 amide bonds. The highest BCUT2D eigenvalue weighted by atomic mass is 31.2. The average molecular weight is 537 g/mol. The van der Waals surface area contributed by atoms with E-state index in [4.69, 9.17) is 4.74 Å².